The van der Waals surface area contributed by atoms with Gasteiger partial charge in [0.05, 0.1) is 6.04 Å². The highest BCUT2D eigenvalue weighted by Gasteiger charge is 2.08. The van der Waals surface area contributed by atoms with Crippen LogP contribution in [-0.2, 0) is 6.42 Å². The Morgan fingerprint density at radius 3 is 2.69 bits per heavy atom. The molecule has 0 aliphatic rings. The summed E-state index contributed by atoms with van der Waals surface area (Å²) in [5, 5.41) is 7.77. The molecule has 74 valence electrons. The predicted molar refractivity (Wildman–Crippen MR) is 50.1 cm³/mol. The highest BCUT2D eigenvalue weighted by Crippen LogP contribution is 2.09. The first-order chi connectivity index (χ1) is 6.24. The lowest BCUT2D eigenvalue weighted by atomic mass is 10.2. The second kappa shape index (κ2) is 4.97. The van der Waals surface area contributed by atoms with Crippen molar-refractivity contribution in [2.24, 2.45) is 5.73 Å². The third-order valence-electron chi connectivity index (χ3n) is 1.87. The molecule has 0 saturated heterocycles. The summed E-state index contributed by atoms with van der Waals surface area (Å²) in [5.74, 6) is 1.24. The van der Waals surface area contributed by atoms with Crippen molar-refractivity contribution in [3.63, 3.8) is 0 Å². The second-order valence-corrected chi connectivity index (χ2v) is 3.28. The van der Waals surface area contributed by atoms with Crippen molar-refractivity contribution >= 4 is 0 Å². The summed E-state index contributed by atoms with van der Waals surface area (Å²) in [4.78, 5) is 0. The van der Waals surface area contributed by atoms with Gasteiger partial charge in [-0.05, 0) is 13.3 Å². The van der Waals surface area contributed by atoms with Gasteiger partial charge in [-0.2, -0.15) is 0 Å². The Balaban J connectivity index is 2.40. The fourth-order valence-electron chi connectivity index (χ4n) is 1.08. The lowest BCUT2D eigenvalue weighted by Crippen LogP contribution is -2.04. The number of hydrogen-bond donors (Lipinski definition) is 1. The van der Waals surface area contributed by atoms with E-state index in [1.807, 2.05) is 6.92 Å². The zero-order chi connectivity index (χ0) is 9.68. The maximum atomic E-state index is 5.59. The quantitative estimate of drug-likeness (QED) is 0.707. The van der Waals surface area contributed by atoms with Crippen LogP contribution in [0.3, 0.4) is 0 Å². The Bertz CT molecular complexity index is 245. The lowest BCUT2D eigenvalue weighted by Gasteiger charge is -1.95. The van der Waals surface area contributed by atoms with Gasteiger partial charge in [0.2, 0.25) is 11.8 Å². The molecule has 1 aromatic rings. The van der Waals surface area contributed by atoms with E-state index in [1.165, 1.54) is 12.8 Å². The number of nitrogens with two attached hydrogens (primary N) is 1. The molecule has 0 bridgehead atoms. The van der Waals surface area contributed by atoms with E-state index >= 15 is 0 Å². The van der Waals surface area contributed by atoms with Crippen LogP contribution in [-0.4, -0.2) is 10.2 Å². The maximum Gasteiger partial charge on any atom is 0.232 e. The minimum Gasteiger partial charge on any atom is -0.424 e. The molecule has 1 unspecified atom stereocenters. The summed E-state index contributed by atoms with van der Waals surface area (Å²) < 4.78 is 5.34. The number of aromatic nitrogens is 2. The molecule has 0 saturated carbocycles. The Hall–Kier alpha value is -0.900. The molecular weight excluding hydrogens is 166 g/mol. The van der Waals surface area contributed by atoms with Crippen LogP contribution in [0.1, 0.15) is 50.9 Å². The van der Waals surface area contributed by atoms with Gasteiger partial charge >= 0.3 is 0 Å². The van der Waals surface area contributed by atoms with Gasteiger partial charge < -0.3 is 10.2 Å². The van der Waals surface area contributed by atoms with E-state index in [9.17, 15) is 0 Å². The first-order valence-corrected chi connectivity index (χ1v) is 4.82. The molecule has 0 amide bonds. The topological polar surface area (TPSA) is 64.9 Å². The maximum absolute atomic E-state index is 5.59. The van der Waals surface area contributed by atoms with Gasteiger partial charge in [0.15, 0.2) is 0 Å². The predicted octanol–water partition coefficient (Wildman–Crippen LogP) is 1.82. The standard InChI is InChI=1S/C9H17N3O/c1-3-4-5-6-8-11-12-9(13-8)7(2)10/h7H,3-6,10H2,1-2H3. The minimum atomic E-state index is -0.160. The second-order valence-electron chi connectivity index (χ2n) is 3.28. The molecule has 2 N–H and O–H groups in total. The molecule has 0 fully saturated rings. The van der Waals surface area contributed by atoms with Gasteiger partial charge in [-0.1, -0.05) is 19.8 Å². The number of rotatable bonds is 5. The van der Waals surface area contributed by atoms with Gasteiger partial charge in [0, 0.05) is 6.42 Å². The Labute approximate surface area is 78.5 Å². The first-order valence-electron chi connectivity index (χ1n) is 4.82. The number of unbranched alkanes of at least 4 members (excludes halogenated alkanes) is 2. The number of aryl methyl sites for hydroxylation is 1. The number of nitrogens with zero attached hydrogens (tertiary/aromatic N) is 2. The minimum absolute atomic E-state index is 0.160. The summed E-state index contributed by atoms with van der Waals surface area (Å²) in [5.41, 5.74) is 5.59. The third-order valence-corrected chi connectivity index (χ3v) is 1.87. The molecule has 1 atom stereocenters. The average Bonchev–Trinajstić information content (AvgIpc) is 2.53. The van der Waals surface area contributed by atoms with Crippen LogP contribution in [0.5, 0.6) is 0 Å². The van der Waals surface area contributed by atoms with Gasteiger partial charge in [-0.25, -0.2) is 0 Å². The van der Waals surface area contributed by atoms with Crippen LogP contribution in [0.25, 0.3) is 0 Å². The lowest BCUT2D eigenvalue weighted by molar-refractivity contribution is 0.421. The van der Waals surface area contributed by atoms with Gasteiger partial charge in [0.25, 0.3) is 0 Å². The molecule has 4 heteroatoms. The molecule has 0 radical (unpaired) electrons. The summed E-state index contributed by atoms with van der Waals surface area (Å²) in [6, 6.07) is -0.160. The van der Waals surface area contributed by atoms with Crippen LogP contribution >= 0.6 is 0 Å². The Morgan fingerprint density at radius 1 is 1.38 bits per heavy atom. The normalized spacial score (nSPS) is 13.2. The van der Waals surface area contributed by atoms with Crippen molar-refractivity contribution in [1.82, 2.24) is 10.2 Å². The SMILES string of the molecule is CCCCCc1nnc(C(C)N)o1. The summed E-state index contributed by atoms with van der Waals surface area (Å²) >= 11 is 0. The van der Waals surface area contributed by atoms with Crippen molar-refractivity contribution in [3.05, 3.63) is 11.8 Å². The summed E-state index contributed by atoms with van der Waals surface area (Å²) in [7, 11) is 0. The molecule has 1 heterocycles. The van der Waals surface area contributed by atoms with E-state index in [1.54, 1.807) is 0 Å². The Kier molecular flexibility index (Phi) is 3.89. The monoisotopic (exact) mass is 183 g/mol. The zero-order valence-electron chi connectivity index (χ0n) is 8.29. The molecular formula is C9H17N3O. The van der Waals surface area contributed by atoms with Gasteiger partial charge in [0.1, 0.15) is 0 Å². The fraction of sp³-hybridized carbons (Fsp3) is 0.778. The van der Waals surface area contributed by atoms with Crippen molar-refractivity contribution in [1.29, 1.82) is 0 Å². The van der Waals surface area contributed by atoms with Gasteiger partial charge in [-0.15, -0.1) is 10.2 Å². The molecule has 1 rings (SSSR count). The summed E-state index contributed by atoms with van der Waals surface area (Å²) in [6.45, 7) is 4.00. The molecule has 1 aromatic heterocycles. The summed E-state index contributed by atoms with van der Waals surface area (Å²) in [6.07, 6.45) is 4.38. The van der Waals surface area contributed by atoms with E-state index in [4.69, 9.17) is 10.2 Å². The van der Waals surface area contributed by atoms with Crippen LogP contribution < -0.4 is 5.73 Å². The molecule has 0 aliphatic carbocycles. The third kappa shape index (κ3) is 3.14. The van der Waals surface area contributed by atoms with Crippen LogP contribution in [0.2, 0.25) is 0 Å². The van der Waals surface area contributed by atoms with Crippen LogP contribution in [0, 0.1) is 0 Å². The fourth-order valence-corrected chi connectivity index (χ4v) is 1.08. The zero-order valence-corrected chi connectivity index (χ0v) is 8.29. The van der Waals surface area contributed by atoms with Crippen molar-refractivity contribution in [2.75, 3.05) is 0 Å². The van der Waals surface area contributed by atoms with Crippen LogP contribution in [0.4, 0.5) is 0 Å². The van der Waals surface area contributed by atoms with E-state index in [-0.39, 0.29) is 6.04 Å². The molecule has 4 nitrogen and oxygen atoms in total. The Morgan fingerprint density at radius 2 is 2.15 bits per heavy atom. The largest absolute Gasteiger partial charge is 0.424 e. The highest BCUT2D eigenvalue weighted by molar-refractivity contribution is 4.86. The molecule has 0 spiro atoms. The molecule has 0 aromatic carbocycles. The molecule has 0 aliphatic heterocycles. The van der Waals surface area contributed by atoms with E-state index in [0.717, 1.165) is 12.8 Å². The van der Waals surface area contributed by atoms with Gasteiger partial charge in [-0.3, -0.25) is 0 Å². The van der Waals surface area contributed by atoms with Crippen molar-refractivity contribution < 1.29 is 4.42 Å². The average molecular weight is 183 g/mol. The van der Waals surface area contributed by atoms with Crippen molar-refractivity contribution in [2.45, 2.75) is 45.6 Å². The molecule has 13 heavy (non-hydrogen) atoms. The van der Waals surface area contributed by atoms with E-state index in [0.29, 0.717) is 11.8 Å². The van der Waals surface area contributed by atoms with Crippen molar-refractivity contribution in [3.8, 4) is 0 Å². The first kappa shape index (κ1) is 10.2. The number of hydrogen-bond acceptors (Lipinski definition) is 4. The van der Waals surface area contributed by atoms with E-state index < -0.39 is 0 Å². The van der Waals surface area contributed by atoms with Crippen LogP contribution in [0.15, 0.2) is 4.42 Å². The van der Waals surface area contributed by atoms with E-state index in [2.05, 4.69) is 17.1 Å². The highest BCUT2D eigenvalue weighted by atomic mass is 16.4. The smallest absolute Gasteiger partial charge is 0.232 e.